The molecule has 1 aliphatic rings. The highest BCUT2D eigenvalue weighted by Gasteiger charge is 2.42. The zero-order valence-electron chi connectivity index (χ0n) is 14.4. The van der Waals surface area contributed by atoms with Crippen LogP contribution in [0, 0.1) is 0 Å². The lowest BCUT2D eigenvalue weighted by molar-refractivity contribution is -0.0831. The van der Waals surface area contributed by atoms with Crippen LogP contribution >= 0.6 is 0 Å². The molecule has 1 rings (SSSR count). The first-order valence-corrected chi connectivity index (χ1v) is 10.4. The Morgan fingerprint density at radius 1 is 1.20 bits per heavy atom. The fourth-order valence-corrected chi connectivity index (χ4v) is 3.13. The van der Waals surface area contributed by atoms with E-state index >= 15 is 0 Å². The number of ether oxygens (including phenoxy) is 1. The molecule has 0 spiro atoms. The van der Waals surface area contributed by atoms with Gasteiger partial charge in [-0.25, -0.2) is 0 Å². The molecule has 1 aliphatic carbocycles. The summed E-state index contributed by atoms with van der Waals surface area (Å²) in [7, 11) is -1.80. The van der Waals surface area contributed by atoms with E-state index in [1.165, 1.54) is 0 Å². The summed E-state index contributed by atoms with van der Waals surface area (Å²) in [4.78, 5) is 0. The van der Waals surface area contributed by atoms with Crippen LogP contribution in [0.4, 0.5) is 0 Å². The third kappa shape index (κ3) is 4.99. The molecule has 0 fully saturated rings. The van der Waals surface area contributed by atoms with Gasteiger partial charge in [0, 0.05) is 6.42 Å². The summed E-state index contributed by atoms with van der Waals surface area (Å²) in [5.74, 6) is 0. The monoisotopic (exact) mass is 300 g/mol. The van der Waals surface area contributed by atoms with Gasteiger partial charge in [0.15, 0.2) is 8.32 Å². The normalized spacial score (nSPS) is 28.1. The van der Waals surface area contributed by atoms with Crippen molar-refractivity contribution in [2.75, 3.05) is 6.61 Å². The van der Waals surface area contributed by atoms with E-state index in [2.05, 4.69) is 33.9 Å². The van der Waals surface area contributed by atoms with Crippen molar-refractivity contribution in [1.82, 2.24) is 0 Å². The average Bonchev–Trinajstić information content (AvgIpc) is 2.55. The molecular weight excluding hydrogens is 268 g/mol. The van der Waals surface area contributed by atoms with Gasteiger partial charge in [-0.1, -0.05) is 32.9 Å². The lowest BCUT2D eigenvalue weighted by Crippen LogP contribution is -2.44. The minimum Gasteiger partial charge on any atom is -0.410 e. The largest absolute Gasteiger partial charge is 0.410 e. The average molecular weight is 301 g/mol. The highest BCUT2D eigenvalue weighted by Crippen LogP contribution is 2.39. The zero-order chi connectivity index (χ0) is 15.8. The van der Waals surface area contributed by atoms with Gasteiger partial charge in [-0.2, -0.15) is 0 Å². The smallest absolute Gasteiger partial charge is 0.192 e. The molecule has 3 nitrogen and oxygen atoms in total. The lowest BCUT2D eigenvalue weighted by atomic mass is 10.0. The topological polar surface area (TPSA) is 38.7 Å². The van der Waals surface area contributed by atoms with Crippen LogP contribution in [0.3, 0.4) is 0 Å². The molecule has 0 aliphatic heterocycles. The Labute approximate surface area is 125 Å². The molecule has 0 bridgehead atoms. The summed E-state index contributed by atoms with van der Waals surface area (Å²) in [5, 5.41) is 10.7. The van der Waals surface area contributed by atoms with Gasteiger partial charge in [0.25, 0.3) is 0 Å². The molecule has 0 unspecified atom stereocenters. The fourth-order valence-electron chi connectivity index (χ4n) is 1.86. The molecule has 4 heteroatoms. The highest BCUT2D eigenvalue weighted by atomic mass is 28.4. The second-order valence-corrected chi connectivity index (χ2v) is 13.2. The highest BCUT2D eigenvalue weighted by molar-refractivity contribution is 6.74. The van der Waals surface area contributed by atoms with Gasteiger partial charge in [-0.3, -0.25) is 0 Å². The van der Waals surface area contributed by atoms with Gasteiger partial charge in [-0.05, 0) is 38.9 Å². The van der Waals surface area contributed by atoms with Crippen molar-refractivity contribution in [3.8, 4) is 0 Å². The first kappa shape index (κ1) is 17.9. The Balaban J connectivity index is 2.58. The van der Waals surface area contributed by atoms with E-state index in [1.54, 1.807) is 0 Å². The van der Waals surface area contributed by atoms with E-state index in [9.17, 15) is 5.11 Å². The fraction of sp³-hybridized carbons (Fsp3) is 0.875. The van der Waals surface area contributed by atoms with Gasteiger partial charge in [0.2, 0.25) is 0 Å². The number of hydrogen-bond donors (Lipinski definition) is 1. The Morgan fingerprint density at radius 3 is 2.20 bits per heavy atom. The van der Waals surface area contributed by atoms with Crippen molar-refractivity contribution in [3.63, 3.8) is 0 Å². The van der Waals surface area contributed by atoms with Crippen molar-refractivity contribution < 1.29 is 14.3 Å². The molecule has 1 N–H and O–H groups in total. The first-order valence-electron chi connectivity index (χ1n) is 7.48. The Kier molecular flexibility index (Phi) is 4.97. The number of hydrogen-bond acceptors (Lipinski definition) is 3. The van der Waals surface area contributed by atoms with Crippen molar-refractivity contribution in [2.45, 2.75) is 83.4 Å². The number of aliphatic hydroxyl groups is 1. The first-order chi connectivity index (χ1) is 8.74. The van der Waals surface area contributed by atoms with Gasteiger partial charge in [-0.15, -0.1) is 0 Å². The third-order valence-corrected chi connectivity index (χ3v) is 8.69. The van der Waals surface area contributed by atoms with Crippen molar-refractivity contribution in [2.24, 2.45) is 0 Å². The maximum atomic E-state index is 10.5. The molecule has 20 heavy (non-hydrogen) atoms. The predicted octanol–water partition coefficient (Wildman–Crippen LogP) is 3.88. The molecule has 0 saturated heterocycles. The second-order valence-electron chi connectivity index (χ2n) is 8.48. The van der Waals surface area contributed by atoms with Crippen LogP contribution in [0.25, 0.3) is 0 Å². The Morgan fingerprint density at radius 2 is 1.75 bits per heavy atom. The Bertz CT molecular complexity index is 363. The summed E-state index contributed by atoms with van der Waals surface area (Å²) in [6.07, 6.45) is 4.43. The van der Waals surface area contributed by atoms with Crippen LogP contribution in [-0.2, 0) is 9.16 Å². The van der Waals surface area contributed by atoms with Crippen LogP contribution in [0.15, 0.2) is 12.2 Å². The molecule has 118 valence electrons. The molecule has 0 amide bonds. The molecule has 0 aromatic carbocycles. The second kappa shape index (κ2) is 5.56. The zero-order valence-corrected chi connectivity index (χ0v) is 15.4. The summed E-state index contributed by atoms with van der Waals surface area (Å²) >= 11 is 0. The van der Waals surface area contributed by atoms with E-state index in [-0.39, 0.29) is 16.7 Å². The SMILES string of the molecule is CC(C)(C)OC[C@]1(O)C=C[C@H](O[Si](C)(C)C(C)(C)C)C1. The van der Waals surface area contributed by atoms with Gasteiger partial charge in [0.1, 0.15) is 5.60 Å². The van der Waals surface area contributed by atoms with E-state index in [1.807, 2.05) is 32.9 Å². The van der Waals surface area contributed by atoms with Crippen LogP contribution in [-0.4, -0.2) is 37.3 Å². The predicted molar refractivity (Wildman–Crippen MR) is 86.5 cm³/mol. The van der Waals surface area contributed by atoms with Gasteiger partial charge >= 0.3 is 0 Å². The molecule has 2 atom stereocenters. The maximum Gasteiger partial charge on any atom is 0.192 e. The summed E-state index contributed by atoms with van der Waals surface area (Å²) in [6, 6.07) is 0. The number of rotatable bonds is 4. The van der Waals surface area contributed by atoms with E-state index < -0.39 is 13.9 Å². The van der Waals surface area contributed by atoms with Crippen molar-refractivity contribution in [1.29, 1.82) is 0 Å². The standard InChI is InChI=1S/C16H32O3Si/c1-14(2,3)18-12-16(17)10-9-13(11-16)19-20(7,8)15(4,5)6/h9-10,13,17H,11-12H2,1-8H3/t13-,16-/m0/s1. The summed E-state index contributed by atoms with van der Waals surface area (Å²) < 4.78 is 12.0. The molecular formula is C16H32O3Si. The third-order valence-electron chi connectivity index (χ3n) is 4.18. The molecule has 0 aromatic heterocycles. The molecule has 0 radical (unpaired) electrons. The van der Waals surface area contributed by atoms with Crippen molar-refractivity contribution in [3.05, 3.63) is 12.2 Å². The minimum absolute atomic E-state index is 0.00413. The van der Waals surface area contributed by atoms with Crippen LogP contribution in [0.5, 0.6) is 0 Å². The molecule has 0 aromatic rings. The van der Waals surface area contributed by atoms with Gasteiger partial charge < -0.3 is 14.3 Å². The minimum atomic E-state index is -1.80. The molecule has 0 saturated carbocycles. The summed E-state index contributed by atoms with van der Waals surface area (Å²) in [5.41, 5.74) is -1.12. The quantitative estimate of drug-likeness (QED) is 0.632. The summed E-state index contributed by atoms with van der Waals surface area (Å²) in [6.45, 7) is 17.5. The van der Waals surface area contributed by atoms with Crippen molar-refractivity contribution >= 4 is 8.32 Å². The van der Waals surface area contributed by atoms with E-state index in [0.717, 1.165) is 0 Å². The van der Waals surface area contributed by atoms with Gasteiger partial charge in [0.05, 0.1) is 18.3 Å². The lowest BCUT2D eigenvalue weighted by Gasteiger charge is -2.38. The van der Waals surface area contributed by atoms with Crippen LogP contribution in [0.2, 0.25) is 18.1 Å². The van der Waals surface area contributed by atoms with Crippen LogP contribution < -0.4 is 0 Å². The molecule has 0 heterocycles. The van der Waals surface area contributed by atoms with Crippen LogP contribution in [0.1, 0.15) is 48.0 Å². The maximum absolute atomic E-state index is 10.5. The van der Waals surface area contributed by atoms with E-state index in [0.29, 0.717) is 13.0 Å². The van der Waals surface area contributed by atoms with E-state index in [4.69, 9.17) is 9.16 Å². The Hall–Kier alpha value is -0.163.